The van der Waals surface area contributed by atoms with E-state index in [0.717, 1.165) is 25.1 Å². The number of hydrogen-bond acceptors (Lipinski definition) is 3. The Morgan fingerprint density at radius 1 is 1.16 bits per heavy atom. The van der Waals surface area contributed by atoms with Crippen molar-refractivity contribution < 1.29 is 4.79 Å². The lowest BCUT2D eigenvalue weighted by molar-refractivity contribution is -0.115. The maximum Gasteiger partial charge on any atom is 0.243 e. The predicted molar refractivity (Wildman–Crippen MR) is 140 cm³/mol. The molecular formula is C24H32IN5O. The fraction of sp³-hybridized carbons (Fsp3) is 0.333. The molecule has 166 valence electrons. The molecule has 31 heavy (non-hydrogen) atoms. The normalized spacial score (nSPS) is 11.8. The van der Waals surface area contributed by atoms with Crippen molar-refractivity contribution in [3.8, 4) is 12.3 Å². The van der Waals surface area contributed by atoms with E-state index < -0.39 is 0 Å². The number of amides is 1. The largest absolute Gasteiger partial charge is 0.356 e. The van der Waals surface area contributed by atoms with E-state index >= 15 is 0 Å². The number of terminal acetylenes is 1. The number of rotatable bonds is 9. The van der Waals surface area contributed by atoms with Gasteiger partial charge in [0.15, 0.2) is 5.96 Å². The van der Waals surface area contributed by atoms with Crippen LogP contribution >= 0.6 is 24.0 Å². The van der Waals surface area contributed by atoms with Gasteiger partial charge in [-0.3, -0.25) is 14.7 Å². The fourth-order valence-electron chi connectivity index (χ4n) is 2.92. The third-order valence-corrected chi connectivity index (χ3v) is 4.83. The van der Waals surface area contributed by atoms with Gasteiger partial charge in [0.1, 0.15) is 0 Å². The molecule has 0 aliphatic carbocycles. The Bertz CT molecular complexity index is 879. The number of benzene rings is 2. The zero-order chi connectivity index (χ0) is 21.8. The van der Waals surface area contributed by atoms with Crippen molar-refractivity contribution in [2.75, 3.05) is 32.5 Å². The van der Waals surface area contributed by atoms with Gasteiger partial charge in [-0.2, -0.15) is 0 Å². The van der Waals surface area contributed by atoms with Crippen LogP contribution in [0.5, 0.6) is 0 Å². The van der Waals surface area contributed by atoms with Crippen LogP contribution in [-0.4, -0.2) is 50.0 Å². The maximum atomic E-state index is 12.2. The van der Waals surface area contributed by atoms with Crippen LogP contribution in [-0.2, 0) is 11.3 Å². The number of hydrogen-bond donors (Lipinski definition) is 3. The van der Waals surface area contributed by atoms with Crippen molar-refractivity contribution in [2.24, 2.45) is 4.99 Å². The number of nitrogens with one attached hydrogen (secondary N) is 3. The summed E-state index contributed by atoms with van der Waals surface area (Å²) in [4.78, 5) is 18.7. The van der Waals surface area contributed by atoms with Crippen LogP contribution in [0.4, 0.5) is 5.69 Å². The Hall–Kier alpha value is -2.57. The first-order valence-corrected chi connectivity index (χ1v) is 10.1. The first-order chi connectivity index (χ1) is 14.5. The van der Waals surface area contributed by atoms with Crippen LogP contribution in [0.2, 0.25) is 0 Å². The molecule has 0 saturated heterocycles. The molecule has 0 fully saturated rings. The third kappa shape index (κ3) is 9.85. The topological polar surface area (TPSA) is 68.8 Å². The van der Waals surface area contributed by atoms with Gasteiger partial charge in [-0.25, -0.2) is 0 Å². The van der Waals surface area contributed by atoms with E-state index in [4.69, 9.17) is 6.42 Å². The lowest BCUT2D eigenvalue weighted by atomic mass is 10.1. The Morgan fingerprint density at radius 2 is 1.90 bits per heavy atom. The quantitative estimate of drug-likeness (QED) is 0.200. The van der Waals surface area contributed by atoms with E-state index in [-0.39, 0.29) is 36.4 Å². The molecule has 0 heterocycles. The second-order valence-electron chi connectivity index (χ2n) is 7.16. The minimum absolute atomic E-state index is 0. The van der Waals surface area contributed by atoms with Crippen LogP contribution in [0, 0.1) is 12.3 Å². The number of halogens is 1. The molecule has 7 heteroatoms. The van der Waals surface area contributed by atoms with Gasteiger partial charge in [0.25, 0.3) is 0 Å². The van der Waals surface area contributed by atoms with Crippen molar-refractivity contribution in [1.82, 2.24) is 15.5 Å². The first kappa shape index (κ1) is 26.5. The van der Waals surface area contributed by atoms with Crippen LogP contribution in [0.1, 0.15) is 24.5 Å². The van der Waals surface area contributed by atoms with Crippen LogP contribution < -0.4 is 16.0 Å². The molecule has 2 aromatic carbocycles. The van der Waals surface area contributed by atoms with Gasteiger partial charge in [-0.1, -0.05) is 42.3 Å². The van der Waals surface area contributed by atoms with Crippen LogP contribution in [0.15, 0.2) is 59.6 Å². The van der Waals surface area contributed by atoms with E-state index in [0.29, 0.717) is 17.7 Å². The molecule has 0 bridgehead atoms. The molecule has 0 aliphatic heterocycles. The lowest BCUT2D eigenvalue weighted by Crippen LogP contribution is -2.43. The number of guanidine groups is 1. The highest BCUT2D eigenvalue weighted by molar-refractivity contribution is 14.0. The van der Waals surface area contributed by atoms with E-state index in [1.807, 2.05) is 18.2 Å². The average molecular weight is 533 g/mol. The molecule has 1 unspecified atom stereocenters. The summed E-state index contributed by atoms with van der Waals surface area (Å²) in [6.45, 7) is 3.99. The highest BCUT2D eigenvalue weighted by Gasteiger charge is 2.10. The number of anilines is 1. The summed E-state index contributed by atoms with van der Waals surface area (Å²) >= 11 is 0. The molecule has 0 radical (unpaired) electrons. The molecule has 3 N–H and O–H groups in total. The molecule has 2 rings (SSSR count). The van der Waals surface area contributed by atoms with Crippen LogP contribution in [0.25, 0.3) is 0 Å². The minimum Gasteiger partial charge on any atom is -0.356 e. The third-order valence-electron chi connectivity index (χ3n) is 4.83. The van der Waals surface area contributed by atoms with Crippen molar-refractivity contribution in [3.63, 3.8) is 0 Å². The summed E-state index contributed by atoms with van der Waals surface area (Å²) in [5.74, 6) is 2.99. The zero-order valence-electron chi connectivity index (χ0n) is 18.4. The van der Waals surface area contributed by atoms with Crippen LogP contribution in [0.3, 0.4) is 0 Å². The molecule has 0 saturated carbocycles. The average Bonchev–Trinajstić information content (AvgIpc) is 2.76. The monoisotopic (exact) mass is 533 g/mol. The Kier molecular flexibility index (Phi) is 12.3. The van der Waals surface area contributed by atoms with E-state index in [1.165, 1.54) is 5.56 Å². The number of nitrogens with zero attached hydrogens (tertiary/aromatic N) is 2. The fourth-order valence-corrected chi connectivity index (χ4v) is 2.92. The first-order valence-electron chi connectivity index (χ1n) is 10.1. The number of carbonyl (C=O) groups excluding carboxylic acids is 1. The number of carbonyl (C=O) groups is 1. The van der Waals surface area contributed by atoms with Gasteiger partial charge in [0.05, 0.1) is 6.54 Å². The summed E-state index contributed by atoms with van der Waals surface area (Å²) in [7, 11) is 3.82. The van der Waals surface area contributed by atoms with Crippen molar-refractivity contribution in [1.29, 1.82) is 0 Å². The van der Waals surface area contributed by atoms with Gasteiger partial charge in [0, 0.05) is 37.4 Å². The zero-order valence-corrected chi connectivity index (χ0v) is 20.7. The predicted octanol–water partition coefficient (Wildman–Crippen LogP) is 3.30. The van der Waals surface area contributed by atoms with Gasteiger partial charge in [-0.15, -0.1) is 30.4 Å². The Balaban J connectivity index is 0.00000480. The summed E-state index contributed by atoms with van der Waals surface area (Å²) in [5, 5.41) is 9.12. The van der Waals surface area contributed by atoms with Crippen molar-refractivity contribution >= 4 is 41.5 Å². The van der Waals surface area contributed by atoms with Crippen molar-refractivity contribution in [3.05, 3.63) is 65.7 Å². The smallest absolute Gasteiger partial charge is 0.243 e. The highest BCUT2D eigenvalue weighted by atomic mass is 127. The van der Waals surface area contributed by atoms with Gasteiger partial charge in [-0.05, 0) is 44.2 Å². The van der Waals surface area contributed by atoms with E-state index in [9.17, 15) is 4.79 Å². The molecular weight excluding hydrogens is 501 g/mol. The highest BCUT2D eigenvalue weighted by Crippen LogP contribution is 2.09. The van der Waals surface area contributed by atoms with Gasteiger partial charge < -0.3 is 16.0 Å². The van der Waals surface area contributed by atoms with Gasteiger partial charge in [0.2, 0.25) is 5.91 Å². The van der Waals surface area contributed by atoms with E-state index in [2.05, 4.69) is 70.0 Å². The second kappa shape index (κ2) is 14.4. The molecule has 2 aromatic rings. The van der Waals surface area contributed by atoms with E-state index in [1.54, 1.807) is 19.2 Å². The number of aliphatic imine (C=N–C) groups is 1. The second-order valence-corrected chi connectivity index (χ2v) is 7.16. The minimum atomic E-state index is -0.164. The molecule has 1 amide bonds. The van der Waals surface area contributed by atoms with Crippen molar-refractivity contribution in [2.45, 2.75) is 25.9 Å². The summed E-state index contributed by atoms with van der Waals surface area (Å²) < 4.78 is 0. The molecule has 1 atom stereocenters. The maximum absolute atomic E-state index is 12.2. The molecule has 0 aliphatic rings. The Morgan fingerprint density at radius 3 is 2.58 bits per heavy atom. The lowest BCUT2D eigenvalue weighted by Gasteiger charge is -2.25. The molecule has 6 nitrogen and oxygen atoms in total. The van der Waals surface area contributed by atoms with Gasteiger partial charge >= 0.3 is 0 Å². The summed E-state index contributed by atoms with van der Waals surface area (Å²) in [6.07, 6.45) is 6.34. The summed E-state index contributed by atoms with van der Waals surface area (Å²) in [6, 6.07) is 18.0. The molecule has 0 aromatic heterocycles. The SMILES string of the molecule is C#Cc1cccc(NC(=O)CNC(=NC)NCCC(C)N(C)Cc2ccccc2)c1.I. The standard InChI is InChI=1S/C24H31N5O.HI/c1-5-20-12-9-13-22(16-20)28-23(30)17-27-24(25-3)26-15-14-19(2)29(4)18-21-10-7-6-8-11-21;/h1,6-13,16,19H,14-15,17-18H2,2-4H3,(H,28,30)(H2,25,26,27);1H. The molecule has 0 spiro atoms. The summed E-state index contributed by atoms with van der Waals surface area (Å²) in [5.41, 5.74) is 2.70. The Labute approximate surface area is 202 Å².